The van der Waals surface area contributed by atoms with E-state index in [1.54, 1.807) is 44.0 Å². The number of carbonyl (C=O) groups is 1. The molecule has 1 atom stereocenters. The fourth-order valence-corrected chi connectivity index (χ4v) is 2.88. The van der Waals surface area contributed by atoms with Crippen molar-refractivity contribution < 1.29 is 17.6 Å². The van der Waals surface area contributed by atoms with E-state index >= 15 is 0 Å². The first kappa shape index (κ1) is 17.2. The molecule has 23 heavy (non-hydrogen) atoms. The van der Waals surface area contributed by atoms with E-state index in [-0.39, 0.29) is 16.8 Å². The lowest BCUT2D eigenvalue weighted by atomic mass is 10.1. The Morgan fingerprint density at radius 1 is 1.22 bits per heavy atom. The van der Waals surface area contributed by atoms with Crippen molar-refractivity contribution in [3.8, 4) is 0 Å². The van der Waals surface area contributed by atoms with Gasteiger partial charge in [0.05, 0.1) is 16.5 Å². The number of sulfonamides is 1. The van der Waals surface area contributed by atoms with Gasteiger partial charge in [-0.2, -0.15) is 0 Å². The quantitative estimate of drug-likeness (QED) is 0.927. The number of aryl methyl sites for hydroxylation is 2. The van der Waals surface area contributed by atoms with E-state index in [1.165, 1.54) is 12.1 Å². The summed E-state index contributed by atoms with van der Waals surface area (Å²) in [5, 5.41) is 5.08. The van der Waals surface area contributed by atoms with Crippen LogP contribution in [-0.4, -0.2) is 26.3 Å². The number of hydrogen-bond donors (Lipinski definition) is 1. The zero-order valence-corrected chi connectivity index (χ0v) is 14.3. The molecular formula is C16H20N2O4S. The van der Waals surface area contributed by atoms with Crippen LogP contribution in [0.5, 0.6) is 0 Å². The number of benzene rings is 1. The van der Waals surface area contributed by atoms with E-state index in [1.807, 2.05) is 6.92 Å². The van der Waals surface area contributed by atoms with Crippen molar-refractivity contribution >= 4 is 15.9 Å². The van der Waals surface area contributed by atoms with Gasteiger partial charge in [-0.3, -0.25) is 4.79 Å². The Morgan fingerprint density at radius 3 is 2.22 bits per heavy atom. The summed E-state index contributed by atoms with van der Waals surface area (Å²) in [4.78, 5) is 14.2. The van der Waals surface area contributed by atoms with Gasteiger partial charge in [-0.05, 0) is 44.5 Å². The third-order valence-electron chi connectivity index (χ3n) is 3.86. The van der Waals surface area contributed by atoms with Crippen molar-refractivity contribution in [3.63, 3.8) is 0 Å². The second-order valence-electron chi connectivity index (χ2n) is 5.53. The maximum atomic E-state index is 12.6. The van der Waals surface area contributed by atoms with Crippen LogP contribution in [0.25, 0.3) is 0 Å². The third kappa shape index (κ3) is 3.62. The molecular weight excluding hydrogens is 316 g/mol. The highest BCUT2D eigenvalue weighted by molar-refractivity contribution is 7.89. The summed E-state index contributed by atoms with van der Waals surface area (Å²) >= 11 is 0. The summed E-state index contributed by atoms with van der Waals surface area (Å²) in [6.07, 6.45) is 0. The van der Waals surface area contributed by atoms with Crippen LogP contribution in [0.3, 0.4) is 0 Å². The van der Waals surface area contributed by atoms with Gasteiger partial charge in [0.25, 0.3) is 5.91 Å². The van der Waals surface area contributed by atoms with E-state index in [9.17, 15) is 13.2 Å². The molecule has 0 radical (unpaired) electrons. The first-order valence-electron chi connectivity index (χ1n) is 7.08. The zero-order chi connectivity index (χ0) is 17.4. The Balaban J connectivity index is 2.24. The van der Waals surface area contributed by atoms with E-state index in [0.29, 0.717) is 17.1 Å². The molecule has 0 fully saturated rings. The topological polar surface area (TPSA) is 93.6 Å². The second kappa shape index (κ2) is 6.17. The molecule has 1 amide bonds. The number of hydrogen-bond acceptors (Lipinski definition) is 4. The van der Waals surface area contributed by atoms with Crippen LogP contribution in [0, 0.1) is 13.8 Å². The molecule has 6 nitrogen and oxygen atoms in total. The van der Waals surface area contributed by atoms with Gasteiger partial charge in [0.2, 0.25) is 10.0 Å². The molecule has 124 valence electrons. The summed E-state index contributed by atoms with van der Waals surface area (Å²) in [5.41, 5.74) is 1.34. The van der Waals surface area contributed by atoms with Gasteiger partial charge in [0, 0.05) is 7.05 Å². The summed E-state index contributed by atoms with van der Waals surface area (Å²) < 4.78 is 28.0. The summed E-state index contributed by atoms with van der Waals surface area (Å²) in [5.74, 6) is 1.11. The molecule has 2 aromatic rings. The zero-order valence-electron chi connectivity index (χ0n) is 13.5. The van der Waals surface area contributed by atoms with Crippen LogP contribution < -0.4 is 5.14 Å². The molecule has 1 unspecified atom stereocenters. The van der Waals surface area contributed by atoms with Crippen LogP contribution >= 0.6 is 0 Å². The Bertz CT molecular complexity index is 822. The van der Waals surface area contributed by atoms with Crippen LogP contribution in [0.2, 0.25) is 0 Å². The van der Waals surface area contributed by atoms with Crippen molar-refractivity contribution in [2.45, 2.75) is 31.7 Å². The smallest absolute Gasteiger partial charge is 0.257 e. The van der Waals surface area contributed by atoms with Gasteiger partial charge in [-0.1, -0.05) is 12.1 Å². The number of nitrogens with two attached hydrogens (primary N) is 1. The molecule has 0 saturated heterocycles. The maximum Gasteiger partial charge on any atom is 0.257 e. The lowest BCUT2D eigenvalue weighted by Gasteiger charge is -2.25. The lowest BCUT2D eigenvalue weighted by molar-refractivity contribution is 0.0741. The maximum absolute atomic E-state index is 12.6. The van der Waals surface area contributed by atoms with Gasteiger partial charge in [-0.25, -0.2) is 13.6 Å². The number of furan rings is 1. The highest BCUT2D eigenvalue weighted by Gasteiger charge is 2.22. The number of primary sulfonamides is 1. The molecule has 1 aromatic heterocycles. The average Bonchev–Trinajstić information content (AvgIpc) is 2.83. The average molecular weight is 336 g/mol. The van der Waals surface area contributed by atoms with Gasteiger partial charge >= 0.3 is 0 Å². The molecule has 1 heterocycles. The summed E-state index contributed by atoms with van der Waals surface area (Å²) in [6.45, 7) is 5.41. The molecule has 0 aliphatic carbocycles. The minimum absolute atomic E-state index is 0.0451. The van der Waals surface area contributed by atoms with E-state index in [0.717, 1.165) is 5.56 Å². The molecule has 0 aliphatic rings. The van der Waals surface area contributed by atoms with Crippen LogP contribution in [0.4, 0.5) is 0 Å². The van der Waals surface area contributed by atoms with Gasteiger partial charge in [0.1, 0.15) is 11.5 Å². The lowest BCUT2D eigenvalue weighted by Crippen LogP contribution is -2.29. The minimum Gasteiger partial charge on any atom is -0.466 e. The second-order valence-corrected chi connectivity index (χ2v) is 7.09. The van der Waals surface area contributed by atoms with Gasteiger partial charge < -0.3 is 9.32 Å². The SMILES string of the molecule is Cc1cc(C(=O)N(C)C(C)c2ccc(S(N)(=O)=O)cc2)c(C)o1. The Morgan fingerprint density at radius 2 is 1.78 bits per heavy atom. The predicted molar refractivity (Wildman–Crippen MR) is 86.5 cm³/mol. The number of carbonyl (C=O) groups excluding carboxylic acids is 1. The van der Waals surface area contributed by atoms with Crippen molar-refractivity contribution in [3.05, 3.63) is 53.0 Å². The van der Waals surface area contributed by atoms with Crippen LogP contribution in [-0.2, 0) is 10.0 Å². The predicted octanol–water partition coefficient (Wildman–Crippen LogP) is 2.38. The Labute approximate surface area is 135 Å². The highest BCUT2D eigenvalue weighted by atomic mass is 32.2. The normalized spacial score (nSPS) is 12.9. The van der Waals surface area contributed by atoms with E-state index < -0.39 is 10.0 Å². The third-order valence-corrected chi connectivity index (χ3v) is 4.79. The number of rotatable bonds is 4. The van der Waals surface area contributed by atoms with Crippen molar-refractivity contribution in [2.24, 2.45) is 5.14 Å². The van der Waals surface area contributed by atoms with E-state index in [2.05, 4.69) is 0 Å². The number of nitrogens with zero attached hydrogens (tertiary/aromatic N) is 1. The summed E-state index contributed by atoms with van der Waals surface area (Å²) in [7, 11) is -2.02. The van der Waals surface area contributed by atoms with E-state index in [4.69, 9.17) is 9.56 Å². The fourth-order valence-electron chi connectivity index (χ4n) is 2.37. The molecule has 2 N–H and O–H groups in total. The Hall–Kier alpha value is -2.12. The number of amides is 1. The highest BCUT2D eigenvalue weighted by Crippen LogP contribution is 2.24. The van der Waals surface area contributed by atoms with Gasteiger partial charge in [0.15, 0.2) is 0 Å². The molecule has 7 heteroatoms. The van der Waals surface area contributed by atoms with Crippen molar-refractivity contribution in [2.75, 3.05) is 7.05 Å². The van der Waals surface area contributed by atoms with Crippen LogP contribution in [0.15, 0.2) is 39.6 Å². The van der Waals surface area contributed by atoms with Crippen molar-refractivity contribution in [1.82, 2.24) is 4.90 Å². The van der Waals surface area contributed by atoms with Crippen LogP contribution in [0.1, 0.15) is 40.4 Å². The molecule has 2 rings (SSSR count). The monoisotopic (exact) mass is 336 g/mol. The molecule has 0 bridgehead atoms. The van der Waals surface area contributed by atoms with Gasteiger partial charge in [-0.15, -0.1) is 0 Å². The molecule has 1 aromatic carbocycles. The minimum atomic E-state index is -3.72. The molecule has 0 spiro atoms. The molecule has 0 aliphatic heterocycles. The van der Waals surface area contributed by atoms with Crippen molar-refractivity contribution in [1.29, 1.82) is 0 Å². The standard InChI is InChI=1S/C16H20N2O4S/c1-10-9-15(12(3)22-10)16(19)18(4)11(2)13-5-7-14(8-6-13)23(17,20)21/h5-9,11H,1-4H3,(H2,17,20,21). The largest absolute Gasteiger partial charge is 0.466 e. The fraction of sp³-hybridized carbons (Fsp3) is 0.312. The summed E-state index contributed by atoms with van der Waals surface area (Å²) in [6, 6.07) is 7.67. The Kier molecular flexibility index (Phi) is 4.63. The first-order valence-corrected chi connectivity index (χ1v) is 8.63. The molecule has 0 saturated carbocycles. The first-order chi connectivity index (χ1) is 10.6.